The maximum absolute atomic E-state index is 12.1. The Morgan fingerprint density at radius 2 is 2.12 bits per heavy atom. The Kier molecular flexibility index (Phi) is 5.53. The van der Waals surface area contributed by atoms with E-state index in [0.717, 1.165) is 11.3 Å². The predicted molar refractivity (Wildman–Crippen MR) is 69.1 cm³/mol. The van der Waals surface area contributed by atoms with Gasteiger partial charge in [0, 0.05) is 19.0 Å². The number of nitrogens with zero attached hydrogens (tertiary/aromatic N) is 1. The van der Waals surface area contributed by atoms with Crippen molar-refractivity contribution in [2.45, 2.75) is 17.6 Å². The summed E-state index contributed by atoms with van der Waals surface area (Å²) < 4.78 is 26.4. The maximum atomic E-state index is 12.1. The summed E-state index contributed by atoms with van der Waals surface area (Å²) in [5.74, 6) is 0.456. The number of alkyl halides is 1. The maximum Gasteiger partial charge on any atom is 0.252 e. The summed E-state index contributed by atoms with van der Waals surface area (Å²) >= 11 is 12.4. The van der Waals surface area contributed by atoms with Crippen molar-refractivity contribution in [2.75, 3.05) is 19.0 Å². The fourth-order valence-electron chi connectivity index (χ4n) is 1.25. The molecule has 0 aliphatic carbocycles. The van der Waals surface area contributed by atoms with Crippen molar-refractivity contribution in [3.63, 3.8) is 0 Å². The number of rotatable bonds is 6. The quantitative estimate of drug-likeness (QED) is 0.757. The predicted octanol–water partition coefficient (Wildman–Crippen LogP) is 3.04. The van der Waals surface area contributed by atoms with Gasteiger partial charge in [-0.3, -0.25) is 0 Å². The molecule has 0 radical (unpaired) electrons. The van der Waals surface area contributed by atoms with E-state index in [1.54, 1.807) is 13.0 Å². The minimum atomic E-state index is -3.39. The van der Waals surface area contributed by atoms with E-state index in [9.17, 15) is 8.42 Å². The Balaban J connectivity index is 2.90. The molecule has 1 aromatic heterocycles. The van der Waals surface area contributed by atoms with E-state index in [1.165, 1.54) is 10.4 Å². The first-order valence-corrected chi connectivity index (χ1v) is 8.00. The van der Waals surface area contributed by atoms with Gasteiger partial charge in [-0.2, -0.15) is 4.31 Å². The highest BCUT2D eigenvalue weighted by Crippen LogP contribution is 2.28. The van der Waals surface area contributed by atoms with Gasteiger partial charge in [-0.15, -0.1) is 22.9 Å². The van der Waals surface area contributed by atoms with Gasteiger partial charge in [0.2, 0.25) is 0 Å². The molecule has 0 fully saturated rings. The van der Waals surface area contributed by atoms with Crippen LogP contribution in [0.15, 0.2) is 16.3 Å². The third-order valence-electron chi connectivity index (χ3n) is 2.04. The summed E-state index contributed by atoms with van der Waals surface area (Å²) in [6, 6.07) is 3.13. The van der Waals surface area contributed by atoms with Crippen LogP contribution < -0.4 is 0 Å². The summed E-state index contributed by atoms with van der Waals surface area (Å²) in [7, 11) is -3.39. The molecule has 1 aromatic rings. The molecule has 1 heterocycles. The van der Waals surface area contributed by atoms with Crippen molar-refractivity contribution in [1.29, 1.82) is 0 Å². The highest BCUT2D eigenvalue weighted by Gasteiger charge is 2.24. The van der Waals surface area contributed by atoms with E-state index in [0.29, 0.717) is 29.7 Å². The van der Waals surface area contributed by atoms with Crippen molar-refractivity contribution in [3.8, 4) is 0 Å². The molecule has 3 nitrogen and oxygen atoms in total. The van der Waals surface area contributed by atoms with E-state index in [1.807, 2.05) is 0 Å². The first kappa shape index (κ1) is 14.3. The molecule has 16 heavy (non-hydrogen) atoms. The molecule has 0 N–H and O–H groups in total. The molecule has 1 rings (SSSR count). The molecule has 0 saturated heterocycles. The summed E-state index contributed by atoms with van der Waals surface area (Å²) in [6.07, 6.45) is 0.647. The van der Waals surface area contributed by atoms with Gasteiger partial charge in [-0.05, 0) is 18.6 Å². The molecule has 0 spiro atoms. The average Bonchev–Trinajstić information content (AvgIpc) is 2.66. The van der Waals surface area contributed by atoms with Crippen LogP contribution in [0, 0.1) is 0 Å². The SMILES string of the molecule is CCN(CCCCl)S(=O)(=O)c1ccc(Cl)s1. The van der Waals surface area contributed by atoms with E-state index in [-0.39, 0.29) is 4.21 Å². The van der Waals surface area contributed by atoms with Crippen LogP contribution >= 0.6 is 34.5 Å². The molecular formula is C9H13Cl2NO2S2. The van der Waals surface area contributed by atoms with Crippen LogP contribution in [0.25, 0.3) is 0 Å². The number of hydrogen-bond acceptors (Lipinski definition) is 3. The largest absolute Gasteiger partial charge is 0.252 e. The Hall–Kier alpha value is 0.190. The fraction of sp³-hybridized carbons (Fsp3) is 0.556. The van der Waals surface area contributed by atoms with Crippen molar-refractivity contribution in [2.24, 2.45) is 0 Å². The summed E-state index contributed by atoms with van der Waals surface area (Å²) in [4.78, 5) is 0. The molecule has 92 valence electrons. The lowest BCUT2D eigenvalue weighted by molar-refractivity contribution is 0.429. The minimum Gasteiger partial charge on any atom is -0.206 e. The normalized spacial score (nSPS) is 12.2. The molecule has 0 aliphatic heterocycles. The molecule has 0 bridgehead atoms. The molecule has 0 atom stereocenters. The molecular weight excluding hydrogens is 289 g/mol. The summed E-state index contributed by atoms with van der Waals surface area (Å²) in [5, 5.41) is 0. The first-order valence-electron chi connectivity index (χ1n) is 4.83. The molecule has 7 heteroatoms. The topological polar surface area (TPSA) is 37.4 Å². The van der Waals surface area contributed by atoms with Crippen LogP contribution in [0.4, 0.5) is 0 Å². The zero-order valence-electron chi connectivity index (χ0n) is 8.82. The molecule has 0 aliphatic rings. The lowest BCUT2D eigenvalue weighted by Gasteiger charge is -2.18. The zero-order chi connectivity index (χ0) is 12.2. The molecule has 0 unspecified atom stereocenters. The van der Waals surface area contributed by atoms with Gasteiger partial charge >= 0.3 is 0 Å². The van der Waals surface area contributed by atoms with Gasteiger partial charge in [-0.1, -0.05) is 18.5 Å². The van der Waals surface area contributed by atoms with Crippen LogP contribution in [0.2, 0.25) is 4.34 Å². The highest BCUT2D eigenvalue weighted by molar-refractivity contribution is 7.91. The highest BCUT2D eigenvalue weighted by atomic mass is 35.5. The van der Waals surface area contributed by atoms with Gasteiger partial charge in [0.15, 0.2) is 0 Å². The van der Waals surface area contributed by atoms with Gasteiger partial charge in [-0.25, -0.2) is 8.42 Å². The molecule has 0 amide bonds. The Bertz CT molecular complexity index is 430. The monoisotopic (exact) mass is 301 g/mol. The second kappa shape index (κ2) is 6.21. The second-order valence-corrected chi connectivity index (χ2v) is 7.36. The van der Waals surface area contributed by atoms with Crippen molar-refractivity contribution in [3.05, 3.63) is 16.5 Å². The third-order valence-corrected chi connectivity index (χ3v) is 5.98. The van der Waals surface area contributed by atoms with Crippen LogP contribution in [0.3, 0.4) is 0 Å². The van der Waals surface area contributed by atoms with Crippen LogP contribution in [0.1, 0.15) is 13.3 Å². The zero-order valence-corrected chi connectivity index (χ0v) is 12.0. The Morgan fingerprint density at radius 1 is 1.44 bits per heavy atom. The fourth-order valence-corrected chi connectivity index (χ4v) is 4.49. The number of sulfonamides is 1. The van der Waals surface area contributed by atoms with Crippen molar-refractivity contribution < 1.29 is 8.42 Å². The number of halogens is 2. The summed E-state index contributed by atoms with van der Waals surface area (Å²) in [5.41, 5.74) is 0. The standard InChI is InChI=1S/C9H13Cl2NO2S2/c1-2-12(7-3-6-10)16(13,14)9-5-4-8(11)15-9/h4-5H,2-3,6-7H2,1H3. The van der Waals surface area contributed by atoms with Gasteiger partial charge in [0.05, 0.1) is 4.34 Å². The Labute approximate surface area is 110 Å². The van der Waals surface area contributed by atoms with E-state index >= 15 is 0 Å². The Morgan fingerprint density at radius 3 is 2.56 bits per heavy atom. The van der Waals surface area contributed by atoms with Crippen molar-refractivity contribution >= 4 is 44.6 Å². The summed E-state index contributed by atoms with van der Waals surface area (Å²) in [6.45, 7) is 2.69. The van der Waals surface area contributed by atoms with Gasteiger partial charge in [0.1, 0.15) is 4.21 Å². The number of hydrogen-bond donors (Lipinski definition) is 0. The first-order chi connectivity index (χ1) is 7.52. The van der Waals surface area contributed by atoms with E-state index < -0.39 is 10.0 Å². The lowest BCUT2D eigenvalue weighted by atomic mass is 10.5. The van der Waals surface area contributed by atoms with Gasteiger partial charge in [0.25, 0.3) is 10.0 Å². The minimum absolute atomic E-state index is 0.286. The third kappa shape index (κ3) is 3.34. The lowest BCUT2D eigenvalue weighted by Crippen LogP contribution is -2.31. The molecule has 0 aromatic carbocycles. The van der Waals surface area contributed by atoms with Crippen LogP contribution in [0.5, 0.6) is 0 Å². The van der Waals surface area contributed by atoms with E-state index in [4.69, 9.17) is 23.2 Å². The van der Waals surface area contributed by atoms with Crippen LogP contribution in [-0.4, -0.2) is 31.7 Å². The second-order valence-electron chi connectivity index (χ2n) is 3.10. The van der Waals surface area contributed by atoms with Gasteiger partial charge < -0.3 is 0 Å². The smallest absolute Gasteiger partial charge is 0.206 e. The van der Waals surface area contributed by atoms with Crippen molar-refractivity contribution in [1.82, 2.24) is 4.31 Å². The number of thiophene rings is 1. The van der Waals surface area contributed by atoms with E-state index in [2.05, 4.69) is 0 Å². The molecule has 0 saturated carbocycles. The van der Waals surface area contributed by atoms with Crippen LogP contribution in [-0.2, 0) is 10.0 Å². The average molecular weight is 302 g/mol.